The van der Waals surface area contributed by atoms with E-state index in [-0.39, 0.29) is 5.54 Å². The van der Waals surface area contributed by atoms with Crippen LogP contribution in [-0.2, 0) is 0 Å². The van der Waals surface area contributed by atoms with Crippen molar-refractivity contribution in [2.75, 3.05) is 32.7 Å². The number of nitrogens with two attached hydrogens (primary N) is 1. The van der Waals surface area contributed by atoms with Crippen molar-refractivity contribution in [2.24, 2.45) is 5.73 Å². The maximum Gasteiger partial charge on any atom is 0.0283 e. The first-order valence-electron chi connectivity index (χ1n) is 7.92. The van der Waals surface area contributed by atoms with Crippen molar-refractivity contribution in [3.63, 3.8) is 0 Å². The Morgan fingerprint density at radius 1 is 1.17 bits per heavy atom. The maximum absolute atomic E-state index is 6.57. The van der Waals surface area contributed by atoms with Gasteiger partial charge in [-0.3, -0.25) is 9.80 Å². The van der Waals surface area contributed by atoms with Gasteiger partial charge in [0.2, 0.25) is 0 Å². The lowest BCUT2D eigenvalue weighted by molar-refractivity contribution is 0.173. The smallest absolute Gasteiger partial charge is 0.0283 e. The van der Waals surface area contributed by atoms with Crippen molar-refractivity contribution in [2.45, 2.75) is 64.0 Å². The number of hydrogen-bond donors (Lipinski definition) is 1. The second kappa shape index (κ2) is 6.36. The van der Waals surface area contributed by atoms with Crippen LogP contribution in [0.1, 0.15) is 52.4 Å². The van der Waals surface area contributed by atoms with E-state index >= 15 is 0 Å². The second-order valence-corrected chi connectivity index (χ2v) is 6.32. The molecule has 3 nitrogen and oxygen atoms in total. The Kier molecular flexibility index (Phi) is 5.05. The summed E-state index contributed by atoms with van der Waals surface area (Å²) >= 11 is 0. The van der Waals surface area contributed by atoms with Gasteiger partial charge in [-0.15, -0.1) is 0 Å². The molecule has 1 saturated carbocycles. The SMILES string of the molecule is CCN(CC)C1CCN(CC2(N)CCCCC2)C1. The van der Waals surface area contributed by atoms with Crippen LogP contribution in [0.15, 0.2) is 0 Å². The minimum absolute atomic E-state index is 0.121. The van der Waals surface area contributed by atoms with Gasteiger partial charge in [0.05, 0.1) is 0 Å². The average molecular weight is 253 g/mol. The molecule has 0 aromatic rings. The molecule has 1 heterocycles. The van der Waals surface area contributed by atoms with E-state index in [1.54, 1.807) is 0 Å². The average Bonchev–Trinajstić information content (AvgIpc) is 2.79. The Balaban J connectivity index is 1.81. The molecule has 18 heavy (non-hydrogen) atoms. The van der Waals surface area contributed by atoms with Gasteiger partial charge in [-0.25, -0.2) is 0 Å². The minimum Gasteiger partial charge on any atom is -0.324 e. The Labute approximate surface area is 113 Å². The van der Waals surface area contributed by atoms with Gasteiger partial charge in [-0.1, -0.05) is 33.1 Å². The molecular weight excluding hydrogens is 222 g/mol. The minimum atomic E-state index is 0.121. The molecule has 2 aliphatic rings. The van der Waals surface area contributed by atoms with Crippen LogP contribution in [0.5, 0.6) is 0 Å². The van der Waals surface area contributed by atoms with Crippen LogP contribution in [0.3, 0.4) is 0 Å². The largest absolute Gasteiger partial charge is 0.324 e. The van der Waals surface area contributed by atoms with E-state index in [0.717, 1.165) is 12.6 Å². The van der Waals surface area contributed by atoms with Crippen molar-refractivity contribution >= 4 is 0 Å². The summed E-state index contributed by atoms with van der Waals surface area (Å²) in [6.07, 6.45) is 7.87. The molecule has 2 N–H and O–H groups in total. The van der Waals surface area contributed by atoms with Crippen LogP contribution >= 0.6 is 0 Å². The first-order chi connectivity index (χ1) is 8.67. The molecule has 0 bridgehead atoms. The summed E-state index contributed by atoms with van der Waals surface area (Å²) in [4.78, 5) is 5.22. The lowest BCUT2D eigenvalue weighted by Gasteiger charge is -2.37. The Hall–Kier alpha value is -0.120. The summed E-state index contributed by atoms with van der Waals surface area (Å²) in [7, 11) is 0. The first-order valence-corrected chi connectivity index (χ1v) is 7.92. The van der Waals surface area contributed by atoms with Crippen LogP contribution in [0.4, 0.5) is 0 Å². The summed E-state index contributed by atoms with van der Waals surface area (Å²) in [5, 5.41) is 0. The highest BCUT2D eigenvalue weighted by molar-refractivity contribution is 4.93. The predicted octanol–water partition coefficient (Wildman–Crippen LogP) is 2.06. The summed E-state index contributed by atoms with van der Waals surface area (Å²) < 4.78 is 0. The van der Waals surface area contributed by atoms with Crippen molar-refractivity contribution in [3.05, 3.63) is 0 Å². The van der Waals surface area contributed by atoms with Gasteiger partial charge in [-0.05, 0) is 38.9 Å². The van der Waals surface area contributed by atoms with E-state index in [1.165, 1.54) is 64.7 Å². The van der Waals surface area contributed by atoms with Gasteiger partial charge < -0.3 is 5.73 Å². The number of nitrogens with zero attached hydrogens (tertiary/aromatic N) is 2. The Bertz CT molecular complexity index is 244. The lowest BCUT2D eigenvalue weighted by Crippen LogP contribution is -2.51. The number of likely N-dealkylation sites (tertiary alicyclic amines) is 1. The van der Waals surface area contributed by atoms with E-state index in [4.69, 9.17) is 5.73 Å². The van der Waals surface area contributed by atoms with Crippen LogP contribution in [0.2, 0.25) is 0 Å². The van der Waals surface area contributed by atoms with Gasteiger partial charge >= 0.3 is 0 Å². The van der Waals surface area contributed by atoms with E-state index < -0.39 is 0 Å². The fourth-order valence-corrected chi connectivity index (χ4v) is 3.85. The molecule has 2 rings (SSSR count). The molecule has 0 radical (unpaired) electrons. The van der Waals surface area contributed by atoms with Crippen LogP contribution < -0.4 is 5.73 Å². The zero-order chi connectivity index (χ0) is 13.0. The monoisotopic (exact) mass is 253 g/mol. The first kappa shape index (κ1) is 14.3. The lowest BCUT2D eigenvalue weighted by atomic mass is 9.82. The molecule has 1 aliphatic heterocycles. The van der Waals surface area contributed by atoms with Gasteiger partial charge in [0.1, 0.15) is 0 Å². The summed E-state index contributed by atoms with van der Waals surface area (Å²) in [5.74, 6) is 0. The molecule has 3 heteroatoms. The molecule has 0 aromatic heterocycles. The molecule has 0 spiro atoms. The van der Waals surface area contributed by atoms with Gasteiger partial charge in [0.15, 0.2) is 0 Å². The molecule has 1 atom stereocenters. The molecule has 106 valence electrons. The highest BCUT2D eigenvalue weighted by Gasteiger charge is 2.33. The van der Waals surface area contributed by atoms with Crippen LogP contribution in [0.25, 0.3) is 0 Å². The third-order valence-corrected chi connectivity index (χ3v) is 4.96. The highest BCUT2D eigenvalue weighted by atomic mass is 15.3. The second-order valence-electron chi connectivity index (χ2n) is 6.32. The topological polar surface area (TPSA) is 32.5 Å². The fourth-order valence-electron chi connectivity index (χ4n) is 3.85. The highest BCUT2D eigenvalue weighted by Crippen LogP contribution is 2.28. The van der Waals surface area contributed by atoms with E-state index in [9.17, 15) is 0 Å². The maximum atomic E-state index is 6.57. The Morgan fingerprint density at radius 2 is 1.83 bits per heavy atom. The van der Waals surface area contributed by atoms with Crippen molar-refractivity contribution in [3.8, 4) is 0 Å². The zero-order valence-corrected chi connectivity index (χ0v) is 12.3. The van der Waals surface area contributed by atoms with E-state index in [2.05, 4.69) is 23.6 Å². The third kappa shape index (κ3) is 3.46. The van der Waals surface area contributed by atoms with Gasteiger partial charge in [0, 0.05) is 24.7 Å². The van der Waals surface area contributed by atoms with Gasteiger partial charge in [-0.2, -0.15) is 0 Å². The fraction of sp³-hybridized carbons (Fsp3) is 1.00. The zero-order valence-electron chi connectivity index (χ0n) is 12.3. The van der Waals surface area contributed by atoms with Crippen molar-refractivity contribution < 1.29 is 0 Å². The van der Waals surface area contributed by atoms with E-state index in [0.29, 0.717) is 0 Å². The number of likely N-dealkylation sites (N-methyl/N-ethyl adjacent to an activating group) is 1. The molecule has 1 aliphatic carbocycles. The van der Waals surface area contributed by atoms with Gasteiger partial charge in [0.25, 0.3) is 0 Å². The normalized spacial score (nSPS) is 29.0. The Morgan fingerprint density at radius 3 is 2.44 bits per heavy atom. The molecule has 1 saturated heterocycles. The van der Waals surface area contributed by atoms with Crippen LogP contribution in [-0.4, -0.2) is 54.1 Å². The predicted molar refractivity (Wildman–Crippen MR) is 77.8 cm³/mol. The third-order valence-electron chi connectivity index (χ3n) is 4.96. The molecule has 1 unspecified atom stereocenters. The number of rotatable bonds is 5. The summed E-state index contributed by atoms with van der Waals surface area (Å²) in [5.41, 5.74) is 6.69. The molecule has 0 amide bonds. The standard InChI is InChI=1S/C15H31N3/c1-3-18(4-2)14-8-11-17(12-14)13-15(16)9-6-5-7-10-15/h14H,3-13,16H2,1-2H3. The van der Waals surface area contributed by atoms with Crippen molar-refractivity contribution in [1.29, 1.82) is 0 Å². The molecular formula is C15H31N3. The molecule has 0 aromatic carbocycles. The van der Waals surface area contributed by atoms with Crippen molar-refractivity contribution in [1.82, 2.24) is 9.80 Å². The summed E-state index contributed by atoms with van der Waals surface area (Å²) in [6, 6.07) is 0.771. The molecule has 2 fully saturated rings. The summed E-state index contributed by atoms with van der Waals surface area (Å²) in [6.45, 7) is 10.5. The number of hydrogen-bond acceptors (Lipinski definition) is 3. The quantitative estimate of drug-likeness (QED) is 0.814. The van der Waals surface area contributed by atoms with Crippen LogP contribution in [0, 0.1) is 0 Å². The van der Waals surface area contributed by atoms with E-state index in [1.807, 2.05) is 0 Å².